The topological polar surface area (TPSA) is 62.7 Å². The molecule has 0 fully saturated rings. The minimum absolute atomic E-state index is 0.589. The highest BCUT2D eigenvalue weighted by atomic mass is 15.1. The molecule has 0 amide bonds. The standard InChI is InChI=1S/C18H19N5/c1-13-3-5-16(6-4-13)22-18-21-14(2)11-17(23-18)20-12-15-7-9-19-10-8-15/h3-11H,12H2,1-2H3,(H2,20,21,22,23). The first-order valence-electron chi connectivity index (χ1n) is 7.51. The molecule has 0 saturated heterocycles. The Balaban J connectivity index is 1.72. The molecule has 2 heterocycles. The van der Waals surface area contributed by atoms with Gasteiger partial charge in [-0.1, -0.05) is 17.7 Å². The molecular weight excluding hydrogens is 286 g/mol. The first-order chi connectivity index (χ1) is 11.2. The van der Waals surface area contributed by atoms with Crippen molar-refractivity contribution in [2.24, 2.45) is 0 Å². The Morgan fingerprint density at radius 1 is 0.913 bits per heavy atom. The maximum absolute atomic E-state index is 4.52. The van der Waals surface area contributed by atoms with Crippen LogP contribution >= 0.6 is 0 Å². The van der Waals surface area contributed by atoms with Crippen LogP contribution in [0, 0.1) is 13.8 Å². The second-order valence-corrected chi connectivity index (χ2v) is 5.42. The van der Waals surface area contributed by atoms with E-state index in [1.165, 1.54) is 5.56 Å². The normalized spacial score (nSPS) is 10.3. The smallest absolute Gasteiger partial charge is 0.229 e. The summed E-state index contributed by atoms with van der Waals surface area (Å²) in [6.07, 6.45) is 3.57. The van der Waals surface area contributed by atoms with Gasteiger partial charge in [0.1, 0.15) is 5.82 Å². The van der Waals surface area contributed by atoms with E-state index in [9.17, 15) is 0 Å². The molecule has 3 aromatic rings. The third-order valence-corrected chi connectivity index (χ3v) is 3.38. The summed E-state index contributed by atoms with van der Waals surface area (Å²) in [6, 6.07) is 14.0. The number of nitrogens with one attached hydrogen (secondary N) is 2. The van der Waals surface area contributed by atoms with Crippen LogP contribution in [0.5, 0.6) is 0 Å². The summed E-state index contributed by atoms with van der Waals surface area (Å²) in [4.78, 5) is 13.0. The maximum Gasteiger partial charge on any atom is 0.229 e. The Bertz CT molecular complexity index is 769. The van der Waals surface area contributed by atoms with Crippen molar-refractivity contribution >= 4 is 17.5 Å². The zero-order valence-electron chi connectivity index (χ0n) is 13.2. The molecule has 2 aromatic heterocycles. The monoisotopic (exact) mass is 305 g/mol. The summed E-state index contributed by atoms with van der Waals surface area (Å²) in [6.45, 7) is 4.72. The van der Waals surface area contributed by atoms with Gasteiger partial charge in [-0.05, 0) is 43.7 Å². The molecular formula is C18H19N5. The molecule has 1 aromatic carbocycles. The Morgan fingerprint density at radius 3 is 2.39 bits per heavy atom. The van der Waals surface area contributed by atoms with Crippen LogP contribution in [-0.4, -0.2) is 15.0 Å². The van der Waals surface area contributed by atoms with E-state index in [2.05, 4.69) is 44.6 Å². The molecule has 0 aliphatic heterocycles. The molecule has 5 heteroatoms. The summed E-state index contributed by atoms with van der Waals surface area (Å²) in [5.74, 6) is 1.38. The predicted molar refractivity (Wildman–Crippen MR) is 92.8 cm³/mol. The second-order valence-electron chi connectivity index (χ2n) is 5.42. The van der Waals surface area contributed by atoms with Crippen LogP contribution in [0.1, 0.15) is 16.8 Å². The van der Waals surface area contributed by atoms with E-state index in [-0.39, 0.29) is 0 Å². The van der Waals surface area contributed by atoms with Gasteiger partial charge in [0, 0.05) is 36.4 Å². The highest BCUT2D eigenvalue weighted by molar-refractivity contribution is 5.55. The summed E-state index contributed by atoms with van der Waals surface area (Å²) in [5.41, 5.74) is 4.26. The minimum atomic E-state index is 0.589. The first-order valence-corrected chi connectivity index (χ1v) is 7.51. The highest BCUT2D eigenvalue weighted by Gasteiger charge is 2.03. The first kappa shape index (κ1) is 15.0. The summed E-state index contributed by atoms with van der Waals surface area (Å²) >= 11 is 0. The average molecular weight is 305 g/mol. The lowest BCUT2D eigenvalue weighted by Crippen LogP contribution is -2.05. The zero-order chi connectivity index (χ0) is 16.1. The number of rotatable bonds is 5. The number of aromatic nitrogens is 3. The zero-order valence-corrected chi connectivity index (χ0v) is 13.2. The van der Waals surface area contributed by atoms with Gasteiger partial charge in [0.25, 0.3) is 0 Å². The summed E-state index contributed by atoms with van der Waals surface area (Å²) in [5, 5.41) is 6.56. The lowest BCUT2D eigenvalue weighted by Gasteiger charge is -2.10. The third-order valence-electron chi connectivity index (χ3n) is 3.38. The minimum Gasteiger partial charge on any atom is -0.366 e. The molecule has 0 atom stereocenters. The van der Waals surface area contributed by atoms with E-state index in [4.69, 9.17) is 0 Å². The van der Waals surface area contributed by atoms with Gasteiger partial charge in [-0.3, -0.25) is 4.98 Å². The number of anilines is 3. The van der Waals surface area contributed by atoms with E-state index >= 15 is 0 Å². The summed E-state index contributed by atoms with van der Waals surface area (Å²) in [7, 11) is 0. The molecule has 0 bridgehead atoms. The SMILES string of the molecule is Cc1ccc(Nc2nc(C)cc(NCc3ccncc3)n2)cc1. The second kappa shape index (κ2) is 6.87. The van der Waals surface area contributed by atoms with Crippen molar-refractivity contribution in [3.63, 3.8) is 0 Å². The molecule has 0 saturated carbocycles. The molecule has 0 unspecified atom stereocenters. The molecule has 0 spiro atoms. The van der Waals surface area contributed by atoms with Crippen LogP contribution in [0.4, 0.5) is 17.5 Å². The molecule has 0 radical (unpaired) electrons. The van der Waals surface area contributed by atoms with Crippen molar-refractivity contribution in [2.45, 2.75) is 20.4 Å². The molecule has 3 rings (SSSR count). The van der Waals surface area contributed by atoms with Gasteiger partial charge in [0.05, 0.1) is 0 Å². The van der Waals surface area contributed by atoms with Gasteiger partial charge in [0.2, 0.25) is 5.95 Å². The Labute approximate surface area is 135 Å². The van der Waals surface area contributed by atoms with Crippen molar-refractivity contribution in [1.29, 1.82) is 0 Å². The van der Waals surface area contributed by atoms with Crippen LogP contribution in [0.3, 0.4) is 0 Å². The van der Waals surface area contributed by atoms with Crippen LogP contribution in [-0.2, 0) is 6.54 Å². The number of hydrogen-bond acceptors (Lipinski definition) is 5. The maximum atomic E-state index is 4.52. The lowest BCUT2D eigenvalue weighted by atomic mass is 10.2. The largest absolute Gasteiger partial charge is 0.366 e. The fourth-order valence-corrected chi connectivity index (χ4v) is 2.17. The van der Waals surface area contributed by atoms with E-state index in [1.54, 1.807) is 12.4 Å². The fraction of sp³-hybridized carbons (Fsp3) is 0.167. The highest BCUT2D eigenvalue weighted by Crippen LogP contribution is 2.16. The predicted octanol–water partition coefficient (Wildman–Crippen LogP) is 3.84. The lowest BCUT2D eigenvalue weighted by molar-refractivity contribution is 1.05. The number of hydrogen-bond donors (Lipinski definition) is 2. The van der Waals surface area contributed by atoms with E-state index < -0.39 is 0 Å². The van der Waals surface area contributed by atoms with Gasteiger partial charge < -0.3 is 10.6 Å². The van der Waals surface area contributed by atoms with Gasteiger partial charge in [-0.2, -0.15) is 4.98 Å². The number of pyridine rings is 1. The van der Waals surface area contributed by atoms with E-state index in [0.717, 1.165) is 22.8 Å². The Kier molecular flexibility index (Phi) is 4.47. The quantitative estimate of drug-likeness (QED) is 0.750. The molecule has 5 nitrogen and oxygen atoms in total. The van der Waals surface area contributed by atoms with E-state index in [1.807, 2.05) is 37.3 Å². The van der Waals surface area contributed by atoms with Gasteiger partial charge >= 0.3 is 0 Å². The number of benzene rings is 1. The number of nitrogens with zero attached hydrogens (tertiary/aromatic N) is 3. The number of aryl methyl sites for hydroxylation is 2. The van der Waals surface area contributed by atoms with Crippen molar-refractivity contribution in [2.75, 3.05) is 10.6 Å². The van der Waals surface area contributed by atoms with Crippen molar-refractivity contribution in [3.05, 3.63) is 71.7 Å². The van der Waals surface area contributed by atoms with E-state index in [0.29, 0.717) is 12.5 Å². The summed E-state index contributed by atoms with van der Waals surface area (Å²) < 4.78 is 0. The van der Waals surface area contributed by atoms with Crippen LogP contribution in [0.2, 0.25) is 0 Å². The van der Waals surface area contributed by atoms with Crippen molar-refractivity contribution in [1.82, 2.24) is 15.0 Å². The van der Waals surface area contributed by atoms with Crippen molar-refractivity contribution < 1.29 is 0 Å². The fourth-order valence-electron chi connectivity index (χ4n) is 2.17. The molecule has 2 N–H and O–H groups in total. The molecule has 116 valence electrons. The van der Waals surface area contributed by atoms with Gasteiger partial charge in [-0.15, -0.1) is 0 Å². The molecule has 0 aliphatic rings. The van der Waals surface area contributed by atoms with Crippen LogP contribution in [0.15, 0.2) is 54.9 Å². The molecule has 23 heavy (non-hydrogen) atoms. The average Bonchev–Trinajstić information content (AvgIpc) is 2.56. The van der Waals surface area contributed by atoms with Crippen LogP contribution < -0.4 is 10.6 Å². The Hall–Kier alpha value is -2.95. The third kappa shape index (κ3) is 4.26. The van der Waals surface area contributed by atoms with Gasteiger partial charge in [0.15, 0.2) is 0 Å². The van der Waals surface area contributed by atoms with Crippen LogP contribution in [0.25, 0.3) is 0 Å². The van der Waals surface area contributed by atoms with Crippen molar-refractivity contribution in [3.8, 4) is 0 Å². The Morgan fingerprint density at radius 2 is 1.65 bits per heavy atom. The molecule has 0 aliphatic carbocycles. The van der Waals surface area contributed by atoms with Gasteiger partial charge in [-0.25, -0.2) is 4.98 Å².